The second-order valence-corrected chi connectivity index (χ2v) is 4.91. The van der Waals surface area contributed by atoms with Gasteiger partial charge in [0.05, 0.1) is 12.1 Å². The molecule has 2 aromatic heterocycles. The molecule has 0 spiro atoms. The fourth-order valence-electron chi connectivity index (χ4n) is 1.25. The first-order valence-corrected chi connectivity index (χ1v) is 6.29. The largest absolute Gasteiger partial charge is 0.364 e. The molecule has 0 aliphatic carbocycles. The van der Waals surface area contributed by atoms with Gasteiger partial charge in [0.1, 0.15) is 11.9 Å². The summed E-state index contributed by atoms with van der Waals surface area (Å²) in [5, 5.41) is 14.1. The van der Waals surface area contributed by atoms with Crippen LogP contribution in [0, 0.1) is 11.3 Å². The highest BCUT2D eigenvalue weighted by Gasteiger charge is 2.04. The first-order valence-electron chi connectivity index (χ1n) is 4.62. The Morgan fingerprint density at radius 3 is 3.06 bits per heavy atom. The second kappa shape index (κ2) is 5.10. The van der Waals surface area contributed by atoms with Crippen LogP contribution in [0.2, 0.25) is 0 Å². The highest BCUT2D eigenvalue weighted by Crippen LogP contribution is 2.23. The van der Waals surface area contributed by atoms with Crippen molar-refractivity contribution in [3.05, 3.63) is 44.7 Å². The summed E-state index contributed by atoms with van der Waals surface area (Å²) in [5.41, 5.74) is 0.565. The molecule has 0 bridgehead atoms. The molecule has 0 saturated heterocycles. The van der Waals surface area contributed by atoms with Crippen LogP contribution in [0.15, 0.2) is 34.2 Å². The summed E-state index contributed by atoms with van der Waals surface area (Å²) in [7, 11) is 0. The lowest BCUT2D eigenvalue weighted by Crippen LogP contribution is -2.02. The van der Waals surface area contributed by atoms with E-state index in [1.54, 1.807) is 29.7 Å². The van der Waals surface area contributed by atoms with Crippen LogP contribution in [-0.4, -0.2) is 4.98 Å². The van der Waals surface area contributed by atoms with Crippen LogP contribution in [0.1, 0.15) is 10.4 Å². The van der Waals surface area contributed by atoms with Crippen LogP contribution < -0.4 is 5.32 Å². The molecule has 0 aromatic carbocycles. The van der Waals surface area contributed by atoms with Gasteiger partial charge < -0.3 is 5.32 Å². The summed E-state index contributed by atoms with van der Waals surface area (Å²) in [5.74, 6) is 0.630. The van der Waals surface area contributed by atoms with E-state index in [9.17, 15) is 0 Å². The van der Waals surface area contributed by atoms with Crippen molar-refractivity contribution in [1.29, 1.82) is 5.26 Å². The molecule has 80 valence electrons. The van der Waals surface area contributed by atoms with Crippen molar-refractivity contribution in [3.63, 3.8) is 0 Å². The maximum absolute atomic E-state index is 8.89. The molecule has 5 heteroatoms. The van der Waals surface area contributed by atoms with Crippen molar-refractivity contribution in [1.82, 2.24) is 4.98 Å². The first-order chi connectivity index (χ1) is 7.81. The summed E-state index contributed by atoms with van der Waals surface area (Å²) in [4.78, 5) is 5.32. The lowest BCUT2D eigenvalue weighted by molar-refractivity contribution is 1.13. The van der Waals surface area contributed by atoms with Gasteiger partial charge in [-0.1, -0.05) is 0 Å². The van der Waals surface area contributed by atoms with Gasteiger partial charge in [-0.15, -0.1) is 11.3 Å². The lowest BCUT2D eigenvalue weighted by Gasteiger charge is -2.05. The zero-order chi connectivity index (χ0) is 11.4. The third-order valence-electron chi connectivity index (χ3n) is 2.04. The fraction of sp³-hybridized carbons (Fsp3) is 0.0909. The molecule has 0 aliphatic rings. The number of nitriles is 1. The van der Waals surface area contributed by atoms with Crippen LogP contribution in [0.4, 0.5) is 5.82 Å². The minimum Gasteiger partial charge on any atom is -0.364 e. The average Bonchev–Trinajstić information content (AvgIpc) is 2.72. The highest BCUT2D eigenvalue weighted by molar-refractivity contribution is 9.10. The number of nitrogens with one attached hydrogen (secondary N) is 1. The number of thiophene rings is 1. The number of rotatable bonds is 3. The SMILES string of the molecule is N#Cc1cccnc1NCc1sccc1Br. The van der Waals surface area contributed by atoms with Gasteiger partial charge in [-0.05, 0) is 39.5 Å². The van der Waals surface area contributed by atoms with E-state index in [0.29, 0.717) is 17.9 Å². The third kappa shape index (κ3) is 2.40. The van der Waals surface area contributed by atoms with Crippen molar-refractivity contribution in [2.75, 3.05) is 5.32 Å². The molecule has 0 radical (unpaired) electrons. The normalized spacial score (nSPS) is 9.75. The van der Waals surface area contributed by atoms with E-state index in [1.807, 2.05) is 11.4 Å². The van der Waals surface area contributed by atoms with Gasteiger partial charge in [-0.2, -0.15) is 5.26 Å². The predicted molar refractivity (Wildman–Crippen MR) is 68.3 cm³/mol. The molecule has 0 aliphatic heterocycles. The van der Waals surface area contributed by atoms with E-state index in [4.69, 9.17) is 5.26 Å². The van der Waals surface area contributed by atoms with Crippen LogP contribution >= 0.6 is 27.3 Å². The van der Waals surface area contributed by atoms with Crippen molar-refractivity contribution in [2.24, 2.45) is 0 Å². The third-order valence-corrected chi connectivity index (χ3v) is 3.96. The maximum Gasteiger partial charge on any atom is 0.144 e. The minimum absolute atomic E-state index is 0.565. The van der Waals surface area contributed by atoms with Gasteiger partial charge in [0, 0.05) is 15.5 Å². The number of nitrogens with zero attached hydrogens (tertiary/aromatic N) is 2. The number of aromatic nitrogens is 1. The Morgan fingerprint density at radius 1 is 1.50 bits per heavy atom. The van der Waals surface area contributed by atoms with Crippen molar-refractivity contribution in [3.8, 4) is 6.07 Å². The summed E-state index contributed by atoms with van der Waals surface area (Å²) in [6.07, 6.45) is 1.67. The van der Waals surface area contributed by atoms with Crippen LogP contribution in [-0.2, 0) is 6.54 Å². The van der Waals surface area contributed by atoms with E-state index in [0.717, 1.165) is 4.47 Å². The maximum atomic E-state index is 8.89. The van der Waals surface area contributed by atoms with Gasteiger partial charge in [-0.25, -0.2) is 4.98 Å². The molecule has 3 nitrogen and oxygen atoms in total. The van der Waals surface area contributed by atoms with E-state index >= 15 is 0 Å². The quantitative estimate of drug-likeness (QED) is 0.944. The van der Waals surface area contributed by atoms with E-state index < -0.39 is 0 Å². The predicted octanol–water partition coefficient (Wildman–Crippen LogP) is 3.39. The zero-order valence-electron chi connectivity index (χ0n) is 8.27. The topological polar surface area (TPSA) is 48.7 Å². The highest BCUT2D eigenvalue weighted by atomic mass is 79.9. The average molecular weight is 294 g/mol. The smallest absolute Gasteiger partial charge is 0.144 e. The van der Waals surface area contributed by atoms with Gasteiger partial charge in [0.2, 0.25) is 0 Å². The molecular weight excluding hydrogens is 286 g/mol. The van der Waals surface area contributed by atoms with Crippen LogP contribution in [0.3, 0.4) is 0 Å². The summed E-state index contributed by atoms with van der Waals surface area (Å²) in [6, 6.07) is 7.62. The summed E-state index contributed by atoms with van der Waals surface area (Å²) >= 11 is 5.12. The molecule has 2 rings (SSSR count). The number of hydrogen-bond donors (Lipinski definition) is 1. The first kappa shape index (κ1) is 11.1. The molecule has 0 fully saturated rings. The lowest BCUT2D eigenvalue weighted by atomic mass is 10.3. The van der Waals surface area contributed by atoms with Gasteiger partial charge >= 0.3 is 0 Å². The van der Waals surface area contributed by atoms with Gasteiger partial charge in [0.25, 0.3) is 0 Å². The van der Waals surface area contributed by atoms with E-state index in [1.165, 1.54) is 4.88 Å². The number of hydrogen-bond acceptors (Lipinski definition) is 4. The standard InChI is InChI=1S/C11H8BrN3S/c12-9-3-5-16-10(9)7-15-11-8(6-13)2-1-4-14-11/h1-5H,7H2,(H,14,15). The van der Waals surface area contributed by atoms with Crippen molar-refractivity contribution >= 4 is 33.1 Å². The van der Waals surface area contributed by atoms with Gasteiger partial charge in [0.15, 0.2) is 0 Å². The molecule has 0 saturated carbocycles. The Labute approximate surface area is 106 Å². The molecule has 0 atom stereocenters. The number of halogens is 1. The number of anilines is 1. The molecule has 0 amide bonds. The summed E-state index contributed by atoms with van der Waals surface area (Å²) in [6.45, 7) is 0.671. The van der Waals surface area contributed by atoms with Crippen LogP contribution in [0.5, 0.6) is 0 Å². The monoisotopic (exact) mass is 293 g/mol. The van der Waals surface area contributed by atoms with Crippen molar-refractivity contribution in [2.45, 2.75) is 6.54 Å². The van der Waals surface area contributed by atoms with E-state index in [-0.39, 0.29) is 0 Å². The Morgan fingerprint density at radius 2 is 2.38 bits per heavy atom. The van der Waals surface area contributed by atoms with E-state index in [2.05, 4.69) is 32.3 Å². The van der Waals surface area contributed by atoms with Crippen LogP contribution in [0.25, 0.3) is 0 Å². The minimum atomic E-state index is 0.565. The molecule has 2 heterocycles. The Bertz CT molecular complexity index is 530. The fourth-order valence-corrected chi connectivity index (χ4v) is 2.68. The molecule has 0 unspecified atom stereocenters. The molecular formula is C11H8BrN3S. The Balaban J connectivity index is 2.11. The number of pyridine rings is 1. The van der Waals surface area contributed by atoms with Gasteiger partial charge in [-0.3, -0.25) is 0 Å². The molecule has 2 aromatic rings. The van der Waals surface area contributed by atoms with Crippen molar-refractivity contribution < 1.29 is 0 Å². The molecule has 1 N–H and O–H groups in total. The zero-order valence-corrected chi connectivity index (χ0v) is 10.7. The Kier molecular flexibility index (Phi) is 3.54. The second-order valence-electron chi connectivity index (χ2n) is 3.06. The summed E-state index contributed by atoms with van der Waals surface area (Å²) < 4.78 is 1.08. The molecule has 16 heavy (non-hydrogen) atoms. The Hall–Kier alpha value is -1.38.